The number of esters is 1. The second-order valence-corrected chi connectivity index (χ2v) is 17.4. The normalized spacial score (nSPS) is 12.3. The Morgan fingerprint density at radius 3 is 1.07 bits per heavy atom. The highest BCUT2D eigenvalue weighted by molar-refractivity contribution is 5.69. The van der Waals surface area contributed by atoms with E-state index in [-0.39, 0.29) is 18.5 Å². The minimum atomic E-state index is -0.700. The Balaban J connectivity index is 3.90. The predicted octanol–water partition coefficient (Wildman–Crippen LogP) is 17.9. The van der Waals surface area contributed by atoms with Crippen LogP contribution in [0.4, 0.5) is 0 Å². The molecule has 0 aromatic heterocycles. The SMILES string of the molecule is CCCCCCC/C=C\C/C=C\CCCCCC(CCCCCCCC(=O)O)OC(=O)CCCCCCCCCCCCCCCCCCCCCCCCC. The van der Waals surface area contributed by atoms with Gasteiger partial charge in [0, 0.05) is 12.8 Å². The molecule has 4 heteroatoms. The van der Waals surface area contributed by atoms with E-state index in [1.165, 1.54) is 186 Å². The van der Waals surface area contributed by atoms with Crippen LogP contribution in [-0.2, 0) is 14.3 Å². The molecule has 0 aliphatic carbocycles. The average molecular weight is 787 g/mol. The highest BCUT2D eigenvalue weighted by Gasteiger charge is 2.14. The lowest BCUT2D eigenvalue weighted by molar-refractivity contribution is -0.150. The van der Waals surface area contributed by atoms with Crippen molar-refractivity contribution in [3.8, 4) is 0 Å². The van der Waals surface area contributed by atoms with Crippen molar-refractivity contribution in [3.05, 3.63) is 24.3 Å². The number of hydrogen-bond acceptors (Lipinski definition) is 3. The summed E-state index contributed by atoms with van der Waals surface area (Å²) in [6, 6.07) is 0. The maximum Gasteiger partial charge on any atom is 0.306 e. The molecule has 330 valence electrons. The molecule has 0 fully saturated rings. The van der Waals surface area contributed by atoms with Crippen molar-refractivity contribution in [1.82, 2.24) is 0 Å². The van der Waals surface area contributed by atoms with Gasteiger partial charge in [0.1, 0.15) is 6.10 Å². The number of carboxylic acids is 1. The van der Waals surface area contributed by atoms with Gasteiger partial charge in [0.2, 0.25) is 0 Å². The van der Waals surface area contributed by atoms with Crippen LogP contribution < -0.4 is 0 Å². The predicted molar refractivity (Wildman–Crippen MR) is 246 cm³/mol. The molecule has 0 aliphatic heterocycles. The Hall–Kier alpha value is -1.58. The fourth-order valence-corrected chi connectivity index (χ4v) is 7.92. The van der Waals surface area contributed by atoms with Gasteiger partial charge < -0.3 is 9.84 Å². The first-order valence-electron chi connectivity index (χ1n) is 25.3. The van der Waals surface area contributed by atoms with Gasteiger partial charge in [0.25, 0.3) is 0 Å². The number of unbranched alkanes of at least 4 members (excludes halogenated alkanes) is 34. The zero-order valence-electron chi connectivity index (χ0n) is 38.0. The Morgan fingerprint density at radius 1 is 0.393 bits per heavy atom. The van der Waals surface area contributed by atoms with Crippen LogP contribution in [0.15, 0.2) is 24.3 Å². The fourth-order valence-electron chi connectivity index (χ4n) is 7.92. The van der Waals surface area contributed by atoms with Crippen LogP contribution in [0.2, 0.25) is 0 Å². The molecule has 0 saturated carbocycles. The Morgan fingerprint density at radius 2 is 0.696 bits per heavy atom. The van der Waals surface area contributed by atoms with Gasteiger partial charge in [-0.05, 0) is 70.6 Å². The second-order valence-electron chi connectivity index (χ2n) is 17.4. The number of carboxylic acid groups (broad SMARTS) is 1. The lowest BCUT2D eigenvalue weighted by Crippen LogP contribution is -2.18. The minimum absolute atomic E-state index is 0.00287. The summed E-state index contributed by atoms with van der Waals surface area (Å²) in [4.78, 5) is 23.5. The monoisotopic (exact) mass is 787 g/mol. The van der Waals surface area contributed by atoms with Crippen molar-refractivity contribution in [3.63, 3.8) is 0 Å². The molecule has 0 heterocycles. The molecule has 1 unspecified atom stereocenters. The van der Waals surface area contributed by atoms with E-state index < -0.39 is 5.97 Å². The summed E-state index contributed by atoms with van der Waals surface area (Å²) in [6.45, 7) is 4.57. The number of ether oxygens (including phenoxy) is 1. The molecule has 0 spiro atoms. The zero-order valence-corrected chi connectivity index (χ0v) is 38.0. The molecule has 0 bridgehead atoms. The summed E-state index contributed by atoms with van der Waals surface area (Å²) >= 11 is 0. The highest BCUT2D eigenvalue weighted by Crippen LogP contribution is 2.19. The smallest absolute Gasteiger partial charge is 0.306 e. The van der Waals surface area contributed by atoms with Crippen LogP contribution in [0.3, 0.4) is 0 Å². The van der Waals surface area contributed by atoms with Crippen LogP contribution in [-0.4, -0.2) is 23.1 Å². The Labute approximate surface area is 350 Å². The first-order chi connectivity index (χ1) is 27.6. The lowest BCUT2D eigenvalue weighted by Gasteiger charge is -2.18. The third-order valence-electron chi connectivity index (χ3n) is 11.7. The van der Waals surface area contributed by atoms with Crippen molar-refractivity contribution in [2.75, 3.05) is 0 Å². The molecular weight excluding hydrogens is 689 g/mol. The molecule has 0 rings (SSSR count). The molecule has 1 atom stereocenters. The van der Waals surface area contributed by atoms with Crippen molar-refractivity contribution < 1.29 is 19.4 Å². The summed E-state index contributed by atoms with van der Waals surface area (Å²) in [5.41, 5.74) is 0. The molecule has 4 nitrogen and oxygen atoms in total. The maximum absolute atomic E-state index is 12.8. The van der Waals surface area contributed by atoms with Gasteiger partial charge >= 0.3 is 11.9 Å². The number of carbonyl (C=O) groups is 2. The molecule has 0 saturated heterocycles. The van der Waals surface area contributed by atoms with Gasteiger partial charge in [-0.1, -0.05) is 231 Å². The minimum Gasteiger partial charge on any atom is -0.481 e. The fraction of sp³-hybridized carbons (Fsp3) is 0.885. The van der Waals surface area contributed by atoms with Crippen molar-refractivity contribution in [2.24, 2.45) is 0 Å². The van der Waals surface area contributed by atoms with Crippen LogP contribution in [0, 0.1) is 0 Å². The quantitative estimate of drug-likeness (QED) is 0.0379. The molecule has 0 aromatic carbocycles. The first-order valence-corrected chi connectivity index (χ1v) is 25.3. The molecule has 0 aromatic rings. The summed E-state index contributed by atoms with van der Waals surface area (Å²) in [7, 11) is 0. The van der Waals surface area contributed by atoms with Crippen molar-refractivity contribution in [2.45, 2.75) is 296 Å². The van der Waals surface area contributed by atoms with Crippen molar-refractivity contribution in [1.29, 1.82) is 0 Å². The standard InChI is InChI=1S/C52H98O4/c1-3-5-7-9-11-13-15-17-19-20-21-22-23-24-25-26-28-30-32-34-36-41-45-49-52(55)56-50(47-43-39-37-40-44-48-51(53)54)46-42-38-35-33-31-29-27-18-16-14-12-10-8-6-4-2/h16,18,29,31,50H,3-15,17,19-28,30,32-49H2,1-2H3,(H,53,54)/b18-16-,31-29-. The van der Waals surface area contributed by atoms with E-state index in [2.05, 4.69) is 38.2 Å². The summed E-state index contributed by atoms with van der Waals surface area (Å²) in [5, 5.41) is 8.86. The van der Waals surface area contributed by atoms with Crippen LogP contribution in [0.25, 0.3) is 0 Å². The number of carbonyl (C=O) groups excluding carboxylic acids is 1. The third-order valence-corrected chi connectivity index (χ3v) is 11.7. The first kappa shape index (κ1) is 54.4. The highest BCUT2D eigenvalue weighted by atomic mass is 16.5. The van der Waals surface area contributed by atoms with Crippen LogP contribution >= 0.6 is 0 Å². The molecule has 56 heavy (non-hydrogen) atoms. The second kappa shape index (κ2) is 47.8. The van der Waals surface area contributed by atoms with Crippen LogP contribution in [0.5, 0.6) is 0 Å². The lowest BCUT2D eigenvalue weighted by atomic mass is 10.0. The molecule has 0 amide bonds. The van der Waals surface area contributed by atoms with Gasteiger partial charge in [-0.2, -0.15) is 0 Å². The molecule has 1 N–H and O–H groups in total. The molecule has 0 aliphatic rings. The number of rotatable bonds is 47. The summed E-state index contributed by atoms with van der Waals surface area (Å²) in [6.07, 6.45) is 62.4. The van der Waals surface area contributed by atoms with E-state index in [1.807, 2.05) is 0 Å². The molecule has 0 radical (unpaired) electrons. The van der Waals surface area contributed by atoms with E-state index in [0.717, 1.165) is 77.0 Å². The Bertz CT molecular complexity index is 848. The summed E-state index contributed by atoms with van der Waals surface area (Å²) < 4.78 is 6.04. The third kappa shape index (κ3) is 46.8. The van der Waals surface area contributed by atoms with Crippen LogP contribution in [0.1, 0.15) is 290 Å². The van der Waals surface area contributed by atoms with E-state index in [4.69, 9.17) is 9.84 Å². The average Bonchev–Trinajstić information content (AvgIpc) is 3.19. The van der Waals surface area contributed by atoms with Gasteiger partial charge in [0.15, 0.2) is 0 Å². The van der Waals surface area contributed by atoms with E-state index in [0.29, 0.717) is 6.42 Å². The Kier molecular flexibility index (Phi) is 46.4. The van der Waals surface area contributed by atoms with E-state index >= 15 is 0 Å². The topological polar surface area (TPSA) is 63.6 Å². The largest absolute Gasteiger partial charge is 0.481 e. The van der Waals surface area contributed by atoms with Gasteiger partial charge in [-0.15, -0.1) is 0 Å². The van der Waals surface area contributed by atoms with Gasteiger partial charge in [-0.25, -0.2) is 0 Å². The number of hydrogen-bond donors (Lipinski definition) is 1. The van der Waals surface area contributed by atoms with Crippen molar-refractivity contribution >= 4 is 11.9 Å². The zero-order chi connectivity index (χ0) is 40.7. The molecular formula is C52H98O4. The van der Waals surface area contributed by atoms with Gasteiger partial charge in [0.05, 0.1) is 0 Å². The van der Waals surface area contributed by atoms with Gasteiger partial charge in [-0.3, -0.25) is 9.59 Å². The summed E-state index contributed by atoms with van der Waals surface area (Å²) in [5.74, 6) is -0.703. The number of allylic oxidation sites excluding steroid dienone is 4. The van der Waals surface area contributed by atoms with E-state index in [1.54, 1.807) is 0 Å². The number of aliphatic carboxylic acids is 1. The maximum atomic E-state index is 12.8. The van der Waals surface area contributed by atoms with E-state index in [9.17, 15) is 9.59 Å².